The van der Waals surface area contributed by atoms with E-state index in [9.17, 15) is 4.79 Å². The standard InChI is InChI=1S/C12H22O3S/c1-4-14-11(13)12(2,3)16-9-10-7-5-6-8-15-10/h10H,4-9H2,1-3H3/t10-/m1/s1. The molecule has 0 aliphatic carbocycles. The lowest BCUT2D eigenvalue weighted by Crippen LogP contribution is -2.33. The maximum atomic E-state index is 11.7. The average Bonchev–Trinajstić information content (AvgIpc) is 2.28. The SMILES string of the molecule is CCOC(=O)C(C)(C)SC[C@H]1CCCCO1. The molecule has 1 aliphatic rings. The second-order valence-corrected chi connectivity index (χ2v) is 6.17. The van der Waals surface area contributed by atoms with E-state index in [1.807, 2.05) is 20.8 Å². The van der Waals surface area contributed by atoms with E-state index in [2.05, 4.69) is 0 Å². The van der Waals surface area contributed by atoms with Crippen molar-refractivity contribution in [2.24, 2.45) is 0 Å². The van der Waals surface area contributed by atoms with Crippen LogP contribution in [0.5, 0.6) is 0 Å². The van der Waals surface area contributed by atoms with Gasteiger partial charge in [0.05, 0.1) is 12.7 Å². The molecule has 1 aliphatic heterocycles. The van der Waals surface area contributed by atoms with Crippen molar-refractivity contribution in [1.29, 1.82) is 0 Å². The van der Waals surface area contributed by atoms with Crippen molar-refractivity contribution < 1.29 is 14.3 Å². The van der Waals surface area contributed by atoms with Crippen LogP contribution in [0.1, 0.15) is 40.0 Å². The molecule has 0 aromatic rings. The van der Waals surface area contributed by atoms with Gasteiger partial charge in [-0.25, -0.2) is 0 Å². The summed E-state index contributed by atoms with van der Waals surface area (Å²) in [6.07, 6.45) is 3.84. The summed E-state index contributed by atoms with van der Waals surface area (Å²) in [7, 11) is 0. The molecule has 0 spiro atoms. The first kappa shape index (κ1) is 13.8. The maximum Gasteiger partial charge on any atom is 0.321 e. The number of rotatable bonds is 5. The monoisotopic (exact) mass is 246 g/mol. The molecule has 1 saturated heterocycles. The summed E-state index contributed by atoms with van der Waals surface area (Å²) in [5, 5.41) is 0. The minimum atomic E-state index is -0.461. The first-order valence-electron chi connectivity index (χ1n) is 5.99. The normalized spacial score (nSPS) is 21.8. The molecule has 0 aromatic heterocycles. The van der Waals surface area contributed by atoms with E-state index in [-0.39, 0.29) is 5.97 Å². The van der Waals surface area contributed by atoms with Gasteiger partial charge in [-0.3, -0.25) is 4.79 Å². The Hall–Kier alpha value is -0.220. The van der Waals surface area contributed by atoms with Gasteiger partial charge in [0, 0.05) is 12.4 Å². The summed E-state index contributed by atoms with van der Waals surface area (Å²) in [4.78, 5) is 11.7. The Morgan fingerprint density at radius 3 is 2.81 bits per heavy atom. The van der Waals surface area contributed by atoms with Gasteiger partial charge in [-0.2, -0.15) is 0 Å². The van der Waals surface area contributed by atoms with Crippen molar-refractivity contribution in [3.63, 3.8) is 0 Å². The molecule has 0 saturated carbocycles. The smallest absolute Gasteiger partial charge is 0.321 e. The molecule has 1 rings (SSSR count). The van der Waals surface area contributed by atoms with E-state index in [0.29, 0.717) is 12.7 Å². The zero-order valence-electron chi connectivity index (χ0n) is 10.5. The highest BCUT2D eigenvalue weighted by Gasteiger charge is 2.31. The van der Waals surface area contributed by atoms with E-state index in [1.54, 1.807) is 11.8 Å². The van der Waals surface area contributed by atoms with Crippen LogP contribution >= 0.6 is 11.8 Å². The highest BCUT2D eigenvalue weighted by molar-refractivity contribution is 8.01. The van der Waals surface area contributed by atoms with Crippen LogP contribution in [0.4, 0.5) is 0 Å². The lowest BCUT2D eigenvalue weighted by atomic mass is 10.1. The largest absolute Gasteiger partial charge is 0.465 e. The number of carbonyl (C=O) groups is 1. The molecule has 16 heavy (non-hydrogen) atoms. The van der Waals surface area contributed by atoms with Crippen LogP contribution in [0, 0.1) is 0 Å². The summed E-state index contributed by atoms with van der Waals surface area (Å²) in [6.45, 7) is 6.98. The number of hydrogen-bond donors (Lipinski definition) is 0. The van der Waals surface area contributed by atoms with Crippen LogP contribution < -0.4 is 0 Å². The fourth-order valence-corrected chi connectivity index (χ4v) is 2.65. The maximum absolute atomic E-state index is 11.7. The molecule has 0 aromatic carbocycles. The number of thioether (sulfide) groups is 1. The van der Waals surface area contributed by atoms with Crippen LogP contribution in [0.2, 0.25) is 0 Å². The Balaban J connectivity index is 2.31. The van der Waals surface area contributed by atoms with E-state index in [4.69, 9.17) is 9.47 Å². The second kappa shape index (κ2) is 6.50. The Labute approximate surface area is 102 Å². The molecule has 4 heteroatoms. The van der Waals surface area contributed by atoms with Gasteiger partial charge in [0.1, 0.15) is 4.75 Å². The first-order valence-corrected chi connectivity index (χ1v) is 6.97. The number of esters is 1. The van der Waals surface area contributed by atoms with Crippen molar-refractivity contribution >= 4 is 17.7 Å². The molecule has 0 bridgehead atoms. The Morgan fingerprint density at radius 1 is 1.50 bits per heavy atom. The molecular formula is C12H22O3S. The van der Waals surface area contributed by atoms with Gasteiger partial charge >= 0.3 is 5.97 Å². The zero-order valence-corrected chi connectivity index (χ0v) is 11.3. The Bertz CT molecular complexity index is 222. The van der Waals surface area contributed by atoms with Gasteiger partial charge in [-0.1, -0.05) is 0 Å². The van der Waals surface area contributed by atoms with Gasteiger partial charge < -0.3 is 9.47 Å². The molecule has 0 radical (unpaired) electrons. The third kappa shape index (κ3) is 4.34. The Morgan fingerprint density at radius 2 is 2.25 bits per heavy atom. The first-order chi connectivity index (χ1) is 7.56. The van der Waals surface area contributed by atoms with Crippen molar-refractivity contribution in [3.05, 3.63) is 0 Å². The molecule has 94 valence electrons. The predicted octanol–water partition coefficient (Wildman–Crippen LogP) is 2.63. The Kier molecular flexibility index (Phi) is 5.62. The lowest BCUT2D eigenvalue weighted by molar-refractivity contribution is -0.145. The highest BCUT2D eigenvalue weighted by Crippen LogP contribution is 2.29. The van der Waals surface area contributed by atoms with Crippen LogP contribution in [0.3, 0.4) is 0 Å². The third-order valence-electron chi connectivity index (χ3n) is 2.67. The minimum Gasteiger partial charge on any atom is -0.465 e. The van der Waals surface area contributed by atoms with E-state index < -0.39 is 4.75 Å². The number of hydrogen-bond acceptors (Lipinski definition) is 4. The lowest BCUT2D eigenvalue weighted by Gasteiger charge is -2.27. The molecule has 1 atom stereocenters. The van der Waals surface area contributed by atoms with Crippen molar-refractivity contribution in [1.82, 2.24) is 0 Å². The average molecular weight is 246 g/mol. The summed E-state index contributed by atoms with van der Waals surface area (Å²) in [5.41, 5.74) is 0. The van der Waals surface area contributed by atoms with Crippen LogP contribution in [-0.4, -0.2) is 35.8 Å². The van der Waals surface area contributed by atoms with Crippen molar-refractivity contribution in [2.45, 2.75) is 50.9 Å². The summed E-state index contributed by atoms with van der Waals surface area (Å²) in [6, 6.07) is 0. The highest BCUT2D eigenvalue weighted by atomic mass is 32.2. The second-order valence-electron chi connectivity index (χ2n) is 4.53. The topological polar surface area (TPSA) is 35.5 Å². The molecule has 0 unspecified atom stereocenters. The van der Waals surface area contributed by atoms with Crippen LogP contribution in [0.15, 0.2) is 0 Å². The molecule has 0 amide bonds. The molecule has 3 nitrogen and oxygen atoms in total. The van der Waals surface area contributed by atoms with E-state index >= 15 is 0 Å². The third-order valence-corrected chi connectivity index (χ3v) is 4.10. The predicted molar refractivity (Wildman–Crippen MR) is 66.8 cm³/mol. The van der Waals surface area contributed by atoms with Crippen LogP contribution in [0.25, 0.3) is 0 Å². The van der Waals surface area contributed by atoms with Crippen LogP contribution in [-0.2, 0) is 14.3 Å². The zero-order chi connectivity index (χ0) is 12.0. The molecule has 1 fully saturated rings. The summed E-state index contributed by atoms with van der Waals surface area (Å²) < 4.78 is 10.2. The number of ether oxygens (including phenoxy) is 2. The quantitative estimate of drug-likeness (QED) is 0.699. The van der Waals surface area contributed by atoms with Gasteiger partial charge in [0.25, 0.3) is 0 Å². The van der Waals surface area contributed by atoms with Gasteiger partial charge in [-0.05, 0) is 40.0 Å². The van der Waals surface area contributed by atoms with Gasteiger partial charge in [0.2, 0.25) is 0 Å². The van der Waals surface area contributed by atoms with Crippen molar-refractivity contribution in [2.75, 3.05) is 19.0 Å². The van der Waals surface area contributed by atoms with E-state index in [0.717, 1.165) is 18.8 Å². The summed E-state index contributed by atoms with van der Waals surface area (Å²) in [5.74, 6) is 0.752. The fourth-order valence-electron chi connectivity index (χ4n) is 1.60. The fraction of sp³-hybridized carbons (Fsp3) is 0.917. The molecular weight excluding hydrogens is 224 g/mol. The van der Waals surface area contributed by atoms with Gasteiger partial charge in [-0.15, -0.1) is 11.8 Å². The van der Waals surface area contributed by atoms with Crippen molar-refractivity contribution in [3.8, 4) is 0 Å². The number of carbonyl (C=O) groups excluding carboxylic acids is 1. The van der Waals surface area contributed by atoms with Gasteiger partial charge in [0.15, 0.2) is 0 Å². The minimum absolute atomic E-state index is 0.129. The van der Waals surface area contributed by atoms with E-state index in [1.165, 1.54) is 12.8 Å². The molecule has 0 N–H and O–H groups in total. The molecule has 1 heterocycles. The summed E-state index contributed by atoms with van der Waals surface area (Å²) >= 11 is 1.63.